The van der Waals surface area contributed by atoms with E-state index in [1.165, 1.54) is 13.0 Å². The van der Waals surface area contributed by atoms with Crippen LogP contribution in [0.5, 0.6) is 0 Å². The summed E-state index contributed by atoms with van der Waals surface area (Å²) in [6.07, 6.45) is 10.7. The van der Waals surface area contributed by atoms with Crippen LogP contribution in [0.2, 0.25) is 0 Å². The minimum Gasteiger partial charge on any atom is -0.380 e. The molecule has 1 fully saturated rings. The molecule has 0 spiro atoms. The maximum Gasteiger partial charge on any atom is 0.0321 e. The minimum absolute atomic E-state index is 0.617. The third kappa shape index (κ3) is 1.51. The summed E-state index contributed by atoms with van der Waals surface area (Å²) in [5, 5.41) is 3.74. The fraction of sp³-hybridized carbons (Fsp3) is 0.692. The molecule has 1 N–H and O–H groups in total. The van der Waals surface area contributed by atoms with E-state index >= 15 is 0 Å². The van der Waals surface area contributed by atoms with Crippen molar-refractivity contribution in [2.75, 3.05) is 13.6 Å². The van der Waals surface area contributed by atoms with Crippen molar-refractivity contribution in [3.05, 3.63) is 24.4 Å². The van der Waals surface area contributed by atoms with Crippen molar-refractivity contribution in [2.45, 2.75) is 25.4 Å². The van der Waals surface area contributed by atoms with E-state index in [1.54, 1.807) is 0 Å². The van der Waals surface area contributed by atoms with Crippen LogP contribution in [0.3, 0.4) is 0 Å². The molecule has 2 aliphatic heterocycles. The Balaban J connectivity index is 1.84. The molecule has 0 aromatic heterocycles. The second kappa shape index (κ2) is 3.38. The van der Waals surface area contributed by atoms with Gasteiger partial charge in [0.05, 0.1) is 0 Å². The first-order chi connectivity index (χ1) is 7.24. The van der Waals surface area contributed by atoms with Gasteiger partial charge in [0.1, 0.15) is 0 Å². The van der Waals surface area contributed by atoms with Crippen LogP contribution in [-0.2, 0) is 0 Å². The summed E-state index contributed by atoms with van der Waals surface area (Å²) in [4.78, 5) is 2.33. The van der Waals surface area contributed by atoms with Gasteiger partial charge in [-0.3, -0.25) is 0 Å². The summed E-state index contributed by atoms with van der Waals surface area (Å²) >= 11 is 0. The molecule has 3 aliphatic rings. The molecule has 0 bridgehead atoms. The van der Waals surface area contributed by atoms with Crippen LogP contribution in [0, 0.1) is 17.8 Å². The van der Waals surface area contributed by atoms with E-state index < -0.39 is 0 Å². The van der Waals surface area contributed by atoms with Gasteiger partial charge in [-0.05, 0) is 30.4 Å². The Morgan fingerprint density at radius 3 is 2.80 bits per heavy atom. The Morgan fingerprint density at radius 1 is 1.13 bits per heavy atom. The second-order valence-corrected chi connectivity index (χ2v) is 5.42. The van der Waals surface area contributed by atoms with Gasteiger partial charge in [-0.15, -0.1) is 0 Å². The highest BCUT2D eigenvalue weighted by molar-refractivity contribution is 5.18. The van der Waals surface area contributed by atoms with Crippen molar-refractivity contribution >= 4 is 0 Å². The smallest absolute Gasteiger partial charge is 0.0321 e. The molecule has 0 saturated carbocycles. The lowest BCUT2D eigenvalue weighted by molar-refractivity contribution is 0.243. The molecular weight excluding hydrogens is 184 g/mol. The van der Waals surface area contributed by atoms with Gasteiger partial charge in [0.25, 0.3) is 0 Å². The molecule has 15 heavy (non-hydrogen) atoms. The van der Waals surface area contributed by atoms with Crippen LogP contribution < -0.4 is 5.32 Å². The predicted molar refractivity (Wildman–Crippen MR) is 62.4 cm³/mol. The molecule has 1 saturated heterocycles. The number of hydrogen-bond acceptors (Lipinski definition) is 2. The average Bonchev–Trinajstić information content (AvgIpc) is 2.56. The lowest BCUT2D eigenvalue weighted by Gasteiger charge is -2.33. The van der Waals surface area contributed by atoms with E-state index in [1.807, 2.05) is 0 Å². The van der Waals surface area contributed by atoms with Crippen molar-refractivity contribution in [1.82, 2.24) is 10.2 Å². The van der Waals surface area contributed by atoms with Crippen LogP contribution in [0.25, 0.3) is 0 Å². The molecule has 1 aliphatic carbocycles. The van der Waals surface area contributed by atoms with E-state index in [-0.39, 0.29) is 0 Å². The van der Waals surface area contributed by atoms with E-state index in [0.29, 0.717) is 12.1 Å². The van der Waals surface area contributed by atoms with Gasteiger partial charge in [-0.1, -0.05) is 25.2 Å². The van der Waals surface area contributed by atoms with Crippen molar-refractivity contribution in [3.8, 4) is 0 Å². The average molecular weight is 204 g/mol. The molecular formula is C13H20N2. The monoisotopic (exact) mass is 204 g/mol. The molecule has 2 heterocycles. The molecule has 2 nitrogen and oxygen atoms in total. The largest absolute Gasteiger partial charge is 0.380 e. The summed E-state index contributed by atoms with van der Waals surface area (Å²) in [7, 11) is 2.18. The van der Waals surface area contributed by atoms with Gasteiger partial charge >= 0.3 is 0 Å². The van der Waals surface area contributed by atoms with E-state index in [9.17, 15) is 0 Å². The first kappa shape index (κ1) is 9.46. The van der Waals surface area contributed by atoms with Gasteiger partial charge in [-0.25, -0.2) is 0 Å². The number of rotatable bonds is 0. The maximum atomic E-state index is 3.74. The lowest BCUT2D eigenvalue weighted by Crippen LogP contribution is -2.37. The molecule has 0 amide bonds. The Kier molecular flexibility index (Phi) is 2.13. The van der Waals surface area contributed by atoms with E-state index in [0.717, 1.165) is 17.8 Å². The van der Waals surface area contributed by atoms with Gasteiger partial charge < -0.3 is 10.2 Å². The molecule has 0 aromatic carbocycles. The zero-order chi connectivity index (χ0) is 10.4. The first-order valence-electron chi connectivity index (χ1n) is 6.07. The second-order valence-electron chi connectivity index (χ2n) is 5.42. The molecule has 5 atom stereocenters. The maximum absolute atomic E-state index is 3.74. The minimum atomic E-state index is 0.617. The highest BCUT2D eigenvalue weighted by Gasteiger charge is 2.43. The SMILES string of the molecule is CC1C=CC2NC3C=CN(C)CC3C2C1. The van der Waals surface area contributed by atoms with E-state index in [4.69, 9.17) is 0 Å². The number of allylic oxidation sites excluding steroid dienone is 1. The summed E-state index contributed by atoms with van der Waals surface area (Å²) in [5.41, 5.74) is 0. The highest BCUT2D eigenvalue weighted by Crippen LogP contribution is 2.38. The lowest BCUT2D eigenvalue weighted by atomic mass is 9.77. The Morgan fingerprint density at radius 2 is 1.93 bits per heavy atom. The summed E-state index contributed by atoms with van der Waals surface area (Å²) in [6.45, 7) is 3.55. The molecule has 0 aromatic rings. The van der Waals surface area contributed by atoms with E-state index in [2.05, 4.69) is 48.6 Å². The summed E-state index contributed by atoms with van der Waals surface area (Å²) < 4.78 is 0. The number of nitrogens with one attached hydrogen (secondary N) is 1. The topological polar surface area (TPSA) is 15.3 Å². The quantitative estimate of drug-likeness (QED) is 0.603. The summed E-state index contributed by atoms with van der Waals surface area (Å²) in [5.74, 6) is 2.43. The van der Waals surface area contributed by atoms with Crippen molar-refractivity contribution in [1.29, 1.82) is 0 Å². The molecule has 5 unspecified atom stereocenters. The zero-order valence-corrected chi connectivity index (χ0v) is 9.56. The van der Waals surface area contributed by atoms with Crippen LogP contribution in [0.15, 0.2) is 24.4 Å². The van der Waals surface area contributed by atoms with Crippen LogP contribution in [0.4, 0.5) is 0 Å². The molecule has 2 heteroatoms. The number of hydrogen-bond donors (Lipinski definition) is 1. The summed E-state index contributed by atoms with van der Waals surface area (Å²) in [6, 6.07) is 1.25. The Hall–Kier alpha value is -0.760. The molecule has 3 rings (SSSR count). The van der Waals surface area contributed by atoms with Crippen LogP contribution >= 0.6 is 0 Å². The fourth-order valence-electron chi connectivity index (χ4n) is 3.42. The van der Waals surface area contributed by atoms with Gasteiger partial charge in [0.15, 0.2) is 0 Å². The molecule has 82 valence electrons. The van der Waals surface area contributed by atoms with Crippen molar-refractivity contribution < 1.29 is 0 Å². The normalized spacial score (nSPS) is 47.9. The fourth-order valence-corrected chi connectivity index (χ4v) is 3.42. The van der Waals surface area contributed by atoms with Crippen LogP contribution in [-0.4, -0.2) is 30.6 Å². The standard InChI is InChI=1S/C13H20N2/c1-9-3-4-12-10(7-9)11-8-15(2)6-5-13(11)14-12/h3-6,9-14H,7-8H2,1-2H3. The Bertz CT molecular complexity index is 278. The number of fused-ring (bicyclic) bond motifs is 3. The van der Waals surface area contributed by atoms with Crippen molar-refractivity contribution in [2.24, 2.45) is 17.8 Å². The first-order valence-corrected chi connectivity index (χ1v) is 6.07. The zero-order valence-electron chi connectivity index (χ0n) is 9.56. The van der Waals surface area contributed by atoms with Gasteiger partial charge in [0, 0.05) is 25.7 Å². The predicted octanol–water partition coefficient (Wildman–Crippen LogP) is 1.61. The van der Waals surface area contributed by atoms with Gasteiger partial charge in [-0.2, -0.15) is 0 Å². The van der Waals surface area contributed by atoms with Crippen molar-refractivity contribution in [3.63, 3.8) is 0 Å². The highest BCUT2D eigenvalue weighted by atomic mass is 15.1. The molecule has 0 radical (unpaired) electrons. The van der Waals surface area contributed by atoms with Gasteiger partial charge in [0.2, 0.25) is 0 Å². The third-order valence-electron chi connectivity index (χ3n) is 4.19. The van der Waals surface area contributed by atoms with Crippen LogP contribution in [0.1, 0.15) is 13.3 Å². The Labute approximate surface area is 92.0 Å². The third-order valence-corrected chi connectivity index (χ3v) is 4.19. The number of nitrogens with zero attached hydrogens (tertiary/aromatic N) is 1.